The highest BCUT2D eigenvalue weighted by Gasteiger charge is 2.10. The number of carbonyl (C=O) groups is 1. The molecular formula is C19H17N3O3S. The topological polar surface area (TPSA) is 76.5 Å². The summed E-state index contributed by atoms with van der Waals surface area (Å²) in [6, 6.07) is 9.40. The largest absolute Gasteiger partial charge is 0.459 e. The van der Waals surface area contributed by atoms with Crippen LogP contribution in [0.15, 0.2) is 46.7 Å². The van der Waals surface area contributed by atoms with E-state index in [1.807, 2.05) is 42.8 Å². The first-order chi connectivity index (χ1) is 12.6. The molecule has 1 N–H and O–H groups in total. The number of carbonyl (C=O) groups excluding carboxylic acids is 1. The molecule has 3 aromatic heterocycles. The third-order valence-electron chi connectivity index (χ3n) is 4.28. The summed E-state index contributed by atoms with van der Waals surface area (Å²) in [5.74, 6) is -0.306. The number of aromatic nitrogens is 3. The van der Waals surface area contributed by atoms with Gasteiger partial charge in [0.2, 0.25) is 0 Å². The number of hydrogen-bond donors (Lipinski definition) is 1. The number of H-pyrrole nitrogens is 1. The van der Waals surface area contributed by atoms with Gasteiger partial charge >= 0.3 is 5.97 Å². The molecule has 0 fully saturated rings. The van der Waals surface area contributed by atoms with Gasteiger partial charge in [-0.3, -0.25) is 14.0 Å². The van der Waals surface area contributed by atoms with Crippen LogP contribution in [-0.4, -0.2) is 20.3 Å². The summed E-state index contributed by atoms with van der Waals surface area (Å²) in [6.07, 6.45) is 2.80. The number of para-hydroxylation sites is 1. The van der Waals surface area contributed by atoms with Crippen LogP contribution < -0.4 is 5.56 Å². The number of rotatable bonds is 5. The van der Waals surface area contributed by atoms with Crippen LogP contribution in [0, 0.1) is 6.92 Å². The summed E-state index contributed by atoms with van der Waals surface area (Å²) in [5, 5.41) is 2.99. The number of esters is 1. The maximum Gasteiger partial charge on any atom is 0.306 e. The van der Waals surface area contributed by atoms with Crippen LogP contribution in [0.4, 0.5) is 0 Å². The van der Waals surface area contributed by atoms with Gasteiger partial charge < -0.3 is 9.72 Å². The van der Waals surface area contributed by atoms with Crippen LogP contribution >= 0.6 is 11.3 Å². The molecule has 0 saturated carbocycles. The Hall–Kier alpha value is -2.93. The SMILES string of the molecule is Cc1csc2nc(COC(=O)CCc3c[nH]c4ccccc34)cc(=O)n12. The normalized spacial score (nSPS) is 11.3. The highest BCUT2D eigenvalue weighted by atomic mass is 32.1. The Labute approximate surface area is 153 Å². The van der Waals surface area contributed by atoms with E-state index in [0.29, 0.717) is 17.1 Å². The first-order valence-corrected chi connectivity index (χ1v) is 9.17. The molecule has 0 bridgehead atoms. The van der Waals surface area contributed by atoms with Gasteiger partial charge in [-0.1, -0.05) is 18.2 Å². The molecule has 0 aliphatic heterocycles. The van der Waals surface area contributed by atoms with Crippen LogP contribution in [0.5, 0.6) is 0 Å². The van der Waals surface area contributed by atoms with Gasteiger partial charge in [0, 0.05) is 40.7 Å². The van der Waals surface area contributed by atoms with Gasteiger partial charge in [0.15, 0.2) is 4.96 Å². The second kappa shape index (κ2) is 6.76. The van der Waals surface area contributed by atoms with Crippen molar-refractivity contribution < 1.29 is 9.53 Å². The Morgan fingerprint density at radius 2 is 2.19 bits per heavy atom. The Morgan fingerprint density at radius 1 is 1.35 bits per heavy atom. The number of nitrogens with zero attached hydrogens (tertiary/aromatic N) is 2. The van der Waals surface area contributed by atoms with E-state index >= 15 is 0 Å². The number of fused-ring (bicyclic) bond motifs is 2. The Kier molecular flexibility index (Phi) is 4.30. The molecule has 0 saturated heterocycles. The van der Waals surface area contributed by atoms with Crippen LogP contribution in [0.25, 0.3) is 15.9 Å². The molecule has 4 aromatic rings. The highest BCUT2D eigenvalue weighted by molar-refractivity contribution is 7.15. The minimum absolute atomic E-state index is 0.00933. The number of hydrogen-bond acceptors (Lipinski definition) is 5. The number of aromatic amines is 1. The van der Waals surface area contributed by atoms with Crippen molar-refractivity contribution in [3.8, 4) is 0 Å². The van der Waals surface area contributed by atoms with Gasteiger partial charge in [0.1, 0.15) is 6.61 Å². The third kappa shape index (κ3) is 3.13. The smallest absolute Gasteiger partial charge is 0.306 e. The molecular weight excluding hydrogens is 350 g/mol. The van der Waals surface area contributed by atoms with E-state index in [1.165, 1.54) is 17.4 Å². The number of benzene rings is 1. The summed E-state index contributed by atoms with van der Waals surface area (Å²) >= 11 is 1.39. The average molecular weight is 367 g/mol. The Balaban J connectivity index is 1.39. The lowest BCUT2D eigenvalue weighted by Crippen LogP contribution is -2.16. The molecule has 0 amide bonds. The molecule has 0 radical (unpaired) electrons. The minimum Gasteiger partial charge on any atom is -0.459 e. The fourth-order valence-electron chi connectivity index (χ4n) is 2.98. The maximum absolute atomic E-state index is 12.1. The fourth-order valence-corrected chi connectivity index (χ4v) is 3.87. The first kappa shape index (κ1) is 16.5. The average Bonchev–Trinajstić information content (AvgIpc) is 3.22. The van der Waals surface area contributed by atoms with Crippen molar-refractivity contribution in [3.63, 3.8) is 0 Å². The molecule has 7 heteroatoms. The second-order valence-corrected chi connectivity index (χ2v) is 6.94. The molecule has 1 aromatic carbocycles. The highest BCUT2D eigenvalue weighted by Crippen LogP contribution is 2.19. The van der Waals surface area contributed by atoms with E-state index in [2.05, 4.69) is 9.97 Å². The van der Waals surface area contributed by atoms with Gasteiger partial charge in [-0.25, -0.2) is 4.98 Å². The van der Waals surface area contributed by atoms with Crippen molar-refractivity contribution >= 4 is 33.2 Å². The van der Waals surface area contributed by atoms with E-state index in [-0.39, 0.29) is 24.6 Å². The molecule has 0 aliphatic carbocycles. The molecule has 6 nitrogen and oxygen atoms in total. The van der Waals surface area contributed by atoms with E-state index in [9.17, 15) is 9.59 Å². The zero-order valence-electron chi connectivity index (χ0n) is 14.2. The van der Waals surface area contributed by atoms with E-state index < -0.39 is 0 Å². The van der Waals surface area contributed by atoms with Crippen molar-refractivity contribution in [3.05, 3.63) is 69.2 Å². The minimum atomic E-state index is -0.306. The maximum atomic E-state index is 12.1. The third-order valence-corrected chi connectivity index (χ3v) is 5.23. The summed E-state index contributed by atoms with van der Waals surface area (Å²) in [7, 11) is 0. The molecule has 0 spiro atoms. The fraction of sp³-hybridized carbons (Fsp3) is 0.211. The summed E-state index contributed by atoms with van der Waals surface area (Å²) in [4.78, 5) is 32.4. The summed E-state index contributed by atoms with van der Waals surface area (Å²) in [6.45, 7) is 1.87. The van der Waals surface area contributed by atoms with Crippen LogP contribution in [0.3, 0.4) is 0 Å². The van der Waals surface area contributed by atoms with Gasteiger partial charge in [-0.05, 0) is 25.0 Å². The van der Waals surface area contributed by atoms with Gasteiger partial charge in [-0.15, -0.1) is 11.3 Å². The Bertz CT molecular complexity index is 1160. The molecule has 0 unspecified atom stereocenters. The summed E-state index contributed by atoms with van der Waals surface area (Å²) < 4.78 is 6.84. The predicted octanol–water partition coefficient (Wildman–Crippen LogP) is 3.22. The Morgan fingerprint density at radius 3 is 3.08 bits per heavy atom. The number of ether oxygens (including phenoxy) is 1. The lowest BCUT2D eigenvalue weighted by atomic mass is 10.1. The van der Waals surface area contributed by atoms with E-state index in [1.54, 1.807) is 4.40 Å². The molecule has 132 valence electrons. The van der Waals surface area contributed by atoms with Gasteiger partial charge in [0.25, 0.3) is 5.56 Å². The monoisotopic (exact) mass is 367 g/mol. The molecule has 3 heterocycles. The van der Waals surface area contributed by atoms with Crippen LogP contribution in [0.2, 0.25) is 0 Å². The quantitative estimate of drug-likeness (QED) is 0.550. The lowest BCUT2D eigenvalue weighted by Gasteiger charge is -2.05. The lowest BCUT2D eigenvalue weighted by molar-refractivity contribution is -0.145. The van der Waals surface area contributed by atoms with Gasteiger partial charge in [-0.2, -0.15) is 0 Å². The van der Waals surface area contributed by atoms with Crippen molar-refractivity contribution in [2.24, 2.45) is 0 Å². The molecule has 0 atom stereocenters. The van der Waals surface area contributed by atoms with Gasteiger partial charge in [0.05, 0.1) is 5.69 Å². The zero-order chi connectivity index (χ0) is 18.1. The molecule has 0 aliphatic rings. The van der Waals surface area contributed by atoms with Crippen molar-refractivity contribution in [2.45, 2.75) is 26.4 Å². The van der Waals surface area contributed by atoms with E-state index in [4.69, 9.17) is 4.74 Å². The number of thiazole rings is 1. The molecule has 4 rings (SSSR count). The number of aryl methyl sites for hydroxylation is 2. The van der Waals surface area contributed by atoms with Crippen molar-refractivity contribution in [1.82, 2.24) is 14.4 Å². The first-order valence-electron chi connectivity index (χ1n) is 8.29. The van der Waals surface area contributed by atoms with Crippen LogP contribution in [0.1, 0.15) is 23.4 Å². The van der Waals surface area contributed by atoms with Crippen molar-refractivity contribution in [2.75, 3.05) is 0 Å². The van der Waals surface area contributed by atoms with E-state index in [0.717, 1.165) is 22.2 Å². The van der Waals surface area contributed by atoms with Crippen LogP contribution in [-0.2, 0) is 22.6 Å². The number of nitrogens with one attached hydrogen (secondary N) is 1. The standard InChI is InChI=1S/C19H17N3O3S/c1-12-11-26-19-21-14(8-17(23)22(12)19)10-25-18(24)7-6-13-9-20-16-5-3-2-4-15(13)16/h2-5,8-9,11,20H,6-7,10H2,1H3. The second-order valence-electron chi connectivity index (χ2n) is 6.10. The zero-order valence-corrected chi connectivity index (χ0v) is 15.0. The summed E-state index contributed by atoms with van der Waals surface area (Å²) in [5.41, 5.74) is 3.31. The molecule has 26 heavy (non-hydrogen) atoms. The predicted molar refractivity (Wildman–Crippen MR) is 100 cm³/mol. The van der Waals surface area contributed by atoms with Crippen molar-refractivity contribution in [1.29, 1.82) is 0 Å².